The Kier molecular flexibility index (Phi) is 4.29. The Morgan fingerprint density at radius 3 is 2.72 bits per heavy atom. The number of nitrogens with one attached hydrogen (secondary N) is 1. The van der Waals surface area contributed by atoms with E-state index in [0.29, 0.717) is 10.9 Å². The number of amides is 1. The van der Waals surface area contributed by atoms with Crippen LogP contribution in [0.2, 0.25) is 0 Å². The van der Waals surface area contributed by atoms with Crippen LogP contribution >= 0.6 is 0 Å². The average Bonchev–Trinajstić information content (AvgIpc) is 2.75. The lowest BCUT2D eigenvalue weighted by molar-refractivity contribution is -0.121. The highest BCUT2D eigenvalue weighted by Gasteiger charge is 2.37. The van der Waals surface area contributed by atoms with Crippen molar-refractivity contribution in [2.75, 3.05) is 11.5 Å². The quantitative estimate of drug-likeness (QED) is 0.630. The van der Waals surface area contributed by atoms with Gasteiger partial charge in [0.25, 0.3) is 0 Å². The van der Waals surface area contributed by atoms with Gasteiger partial charge in [-0.25, -0.2) is 13.2 Å². The minimum Gasteiger partial charge on any atom is -0.508 e. The van der Waals surface area contributed by atoms with Gasteiger partial charge in [0.2, 0.25) is 5.91 Å². The molecule has 1 aromatic carbocycles. The Labute approximate surface area is 143 Å². The summed E-state index contributed by atoms with van der Waals surface area (Å²) in [5, 5.41) is 22.2. The van der Waals surface area contributed by atoms with E-state index in [-0.39, 0.29) is 29.1 Å². The maximum atomic E-state index is 12.2. The Balaban J connectivity index is 1.84. The summed E-state index contributed by atoms with van der Waals surface area (Å²) in [7, 11) is -3.38. The number of aliphatic hydroxyl groups is 1. The third-order valence-corrected chi connectivity index (χ3v) is 5.99. The molecule has 0 unspecified atom stereocenters. The van der Waals surface area contributed by atoms with Gasteiger partial charge in [-0.3, -0.25) is 4.79 Å². The number of rotatable bonds is 3. The number of carbonyl (C=O) groups is 1. The first kappa shape index (κ1) is 17.4. The molecule has 0 bridgehead atoms. The Morgan fingerprint density at radius 2 is 2.08 bits per heavy atom. The van der Waals surface area contributed by atoms with Crippen molar-refractivity contribution in [2.45, 2.75) is 25.5 Å². The lowest BCUT2D eigenvalue weighted by atomic mass is 10.0. The van der Waals surface area contributed by atoms with Gasteiger partial charge in [0.15, 0.2) is 9.84 Å². The summed E-state index contributed by atoms with van der Waals surface area (Å²) in [6, 6.07) is 3.45. The fourth-order valence-corrected chi connectivity index (χ4v) is 4.71. The average molecular weight is 367 g/mol. The molecule has 9 heteroatoms. The molecule has 3 rings (SSSR count). The summed E-state index contributed by atoms with van der Waals surface area (Å²) in [5.41, 5.74) is 0.196. The Morgan fingerprint density at radius 1 is 1.36 bits per heavy atom. The minimum atomic E-state index is -3.38. The topological polar surface area (TPSA) is 134 Å². The lowest BCUT2D eigenvalue weighted by Gasteiger charge is -2.15. The molecule has 0 saturated carbocycles. The zero-order valence-corrected chi connectivity index (χ0v) is 14.2. The predicted octanol–water partition coefficient (Wildman–Crippen LogP) is -0.376. The van der Waals surface area contributed by atoms with Crippen molar-refractivity contribution in [3.05, 3.63) is 39.7 Å². The van der Waals surface area contributed by atoms with Crippen LogP contribution in [0.4, 0.5) is 0 Å². The molecule has 2 aromatic rings. The molecule has 1 fully saturated rings. The highest BCUT2D eigenvalue weighted by Crippen LogP contribution is 2.23. The van der Waals surface area contributed by atoms with Gasteiger partial charge < -0.3 is 19.9 Å². The first-order valence-electron chi connectivity index (χ1n) is 7.59. The zero-order valence-electron chi connectivity index (χ0n) is 13.4. The third-order valence-electron chi connectivity index (χ3n) is 4.28. The van der Waals surface area contributed by atoms with E-state index < -0.39 is 39.3 Å². The molecule has 1 amide bonds. The van der Waals surface area contributed by atoms with Gasteiger partial charge in [-0.1, -0.05) is 0 Å². The molecule has 1 aliphatic heterocycles. The van der Waals surface area contributed by atoms with Crippen molar-refractivity contribution in [3.8, 4) is 5.75 Å². The third kappa shape index (κ3) is 3.52. The van der Waals surface area contributed by atoms with Crippen LogP contribution in [0.5, 0.6) is 5.75 Å². The predicted molar refractivity (Wildman–Crippen MR) is 89.2 cm³/mol. The minimum absolute atomic E-state index is 0.0445. The molecule has 2 heterocycles. The number of fused-ring (bicyclic) bond motifs is 1. The molecule has 8 nitrogen and oxygen atoms in total. The molecule has 1 aliphatic rings. The molecule has 2 atom stereocenters. The van der Waals surface area contributed by atoms with Crippen LogP contribution in [-0.4, -0.2) is 48.2 Å². The van der Waals surface area contributed by atoms with Crippen LogP contribution in [0.1, 0.15) is 11.1 Å². The summed E-state index contributed by atoms with van der Waals surface area (Å²) in [5.74, 6) is -1.34. The van der Waals surface area contributed by atoms with E-state index in [9.17, 15) is 28.2 Å². The van der Waals surface area contributed by atoms with E-state index in [1.165, 1.54) is 12.1 Å². The number of hydrogen-bond donors (Lipinski definition) is 3. The Hall–Kier alpha value is -2.39. The summed E-state index contributed by atoms with van der Waals surface area (Å²) in [6.45, 7) is 1.66. The number of phenolic OH excluding ortho intramolecular Hbond substituents is 1. The molecule has 25 heavy (non-hydrogen) atoms. The fourth-order valence-electron chi connectivity index (χ4n) is 2.97. The molecular formula is C16H17NO7S. The maximum Gasteiger partial charge on any atom is 0.340 e. The van der Waals surface area contributed by atoms with Crippen LogP contribution in [0.25, 0.3) is 11.0 Å². The van der Waals surface area contributed by atoms with E-state index in [0.717, 1.165) is 0 Å². The fraction of sp³-hybridized carbons (Fsp3) is 0.375. The molecule has 0 radical (unpaired) electrons. The van der Waals surface area contributed by atoms with Gasteiger partial charge in [-0.05, 0) is 24.6 Å². The molecule has 1 aromatic heterocycles. The van der Waals surface area contributed by atoms with Gasteiger partial charge >= 0.3 is 5.63 Å². The summed E-state index contributed by atoms with van der Waals surface area (Å²) < 4.78 is 28.1. The number of sulfone groups is 1. The number of benzene rings is 1. The monoisotopic (exact) mass is 367 g/mol. The molecular weight excluding hydrogens is 350 g/mol. The van der Waals surface area contributed by atoms with Gasteiger partial charge in [0.05, 0.1) is 35.6 Å². The second-order valence-corrected chi connectivity index (χ2v) is 8.32. The zero-order chi connectivity index (χ0) is 18.4. The smallest absolute Gasteiger partial charge is 0.340 e. The van der Waals surface area contributed by atoms with Gasteiger partial charge in [0, 0.05) is 11.5 Å². The highest BCUT2D eigenvalue weighted by atomic mass is 32.2. The SMILES string of the molecule is Cc1c(CC(=O)N[C@H]2CS(=O)(=O)C[C@H]2O)c(=O)oc2cc(O)ccc12. The second-order valence-electron chi connectivity index (χ2n) is 6.17. The largest absolute Gasteiger partial charge is 0.508 e. The van der Waals surface area contributed by atoms with Crippen molar-refractivity contribution in [3.63, 3.8) is 0 Å². The summed E-state index contributed by atoms with van der Waals surface area (Å²) in [4.78, 5) is 24.3. The number of aryl methyl sites for hydroxylation is 1. The first-order valence-corrected chi connectivity index (χ1v) is 9.41. The first-order chi connectivity index (χ1) is 11.7. The van der Waals surface area contributed by atoms with Crippen LogP contribution in [0.15, 0.2) is 27.4 Å². The van der Waals surface area contributed by atoms with E-state index in [4.69, 9.17) is 4.42 Å². The van der Waals surface area contributed by atoms with E-state index in [1.54, 1.807) is 13.0 Å². The van der Waals surface area contributed by atoms with E-state index in [2.05, 4.69) is 5.32 Å². The lowest BCUT2D eigenvalue weighted by Crippen LogP contribution is -2.43. The highest BCUT2D eigenvalue weighted by molar-refractivity contribution is 7.91. The van der Waals surface area contributed by atoms with Crippen LogP contribution in [0.3, 0.4) is 0 Å². The van der Waals surface area contributed by atoms with E-state index >= 15 is 0 Å². The van der Waals surface area contributed by atoms with Crippen LogP contribution in [0, 0.1) is 6.92 Å². The molecule has 134 valence electrons. The van der Waals surface area contributed by atoms with Crippen LogP contribution < -0.4 is 10.9 Å². The number of aromatic hydroxyl groups is 1. The van der Waals surface area contributed by atoms with Crippen molar-refractivity contribution < 1.29 is 27.8 Å². The number of phenols is 1. The van der Waals surface area contributed by atoms with Gasteiger partial charge in [-0.15, -0.1) is 0 Å². The second kappa shape index (κ2) is 6.16. The van der Waals surface area contributed by atoms with Gasteiger partial charge in [-0.2, -0.15) is 0 Å². The van der Waals surface area contributed by atoms with Crippen molar-refractivity contribution >= 4 is 26.7 Å². The number of carbonyl (C=O) groups excluding carboxylic acids is 1. The molecule has 0 spiro atoms. The van der Waals surface area contributed by atoms with Crippen molar-refractivity contribution in [1.29, 1.82) is 0 Å². The molecule has 1 saturated heterocycles. The van der Waals surface area contributed by atoms with Gasteiger partial charge in [0.1, 0.15) is 11.3 Å². The molecule has 0 aliphatic carbocycles. The summed E-state index contributed by atoms with van der Waals surface area (Å²) in [6.07, 6.45) is -1.46. The molecule has 3 N–H and O–H groups in total. The standard InChI is InChI=1S/C16H17NO7S/c1-8-10-3-2-9(18)4-14(10)24-16(21)11(8)5-15(20)17-12-6-25(22,23)7-13(12)19/h2-4,12-13,18-19H,5-7H2,1H3,(H,17,20)/t12-,13+/m0/s1. The maximum absolute atomic E-state index is 12.2. The summed E-state index contributed by atoms with van der Waals surface area (Å²) >= 11 is 0. The Bertz CT molecular complexity index is 1010. The van der Waals surface area contributed by atoms with Crippen molar-refractivity contribution in [2.24, 2.45) is 0 Å². The van der Waals surface area contributed by atoms with E-state index in [1.807, 2.05) is 0 Å². The van der Waals surface area contributed by atoms with Crippen LogP contribution in [-0.2, 0) is 21.1 Å². The number of aliphatic hydroxyl groups excluding tert-OH is 1. The normalized spacial score (nSPS) is 22.2. The number of hydrogen-bond acceptors (Lipinski definition) is 7. The van der Waals surface area contributed by atoms with Crippen molar-refractivity contribution in [1.82, 2.24) is 5.32 Å².